The van der Waals surface area contributed by atoms with Crippen LogP contribution in [0.2, 0.25) is 0 Å². The molecule has 118 valence electrons. The topological polar surface area (TPSA) is 42.7 Å². The van der Waals surface area contributed by atoms with Gasteiger partial charge in [-0.3, -0.25) is 0 Å². The third kappa shape index (κ3) is 3.46. The van der Waals surface area contributed by atoms with Gasteiger partial charge in [0.15, 0.2) is 0 Å². The van der Waals surface area contributed by atoms with E-state index in [2.05, 4.69) is 41.4 Å². The summed E-state index contributed by atoms with van der Waals surface area (Å²) in [6, 6.07) is 13.6. The first-order valence-electron chi connectivity index (χ1n) is 7.57. The van der Waals surface area contributed by atoms with Crippen LogP contribution in [-0.2, 0) is 6.54 Å². The van der Waals surface area contributed by atoms with Crippen LogP contribution in [0.15, 0.2) is 55.1 Å². The number of nitrogens with one attached hydrogen (secondary N) is 1. The summed E-state index contributed by atoms with van der Waals surface area (Å²) in [7, 11) is 0. The van der Waals surface area contributed by atoms with Gasteiger partial charge in [-0.15, -0.1) is 0 Å². The molecule has 5 heteroatoms. The van der Waals surface area contributed by atoms with Crippen molar-refractivity contribution in [2.75, 3.05) is 0 Å². The molecule has 0 saturated heterocycles. The summed E-state index contributed by atoms with van der Waals surface area (Å²) in [5.41, 5.74) is 3.80. The second-order valence-corrected chi connectivity index (χ2v) is 5.58. The van der Waals surface area contributed by atoms with E-state index in [1.54, 1.807) is 6.07 Å². The lowest BCUT2D eigenvalue weighted by molar-refractivity contribution is 0.565. The van der Waals surface area contributed by atoms with Gasteiger partial charge in [0.25, 0.3) is 0 Å². The van der Waals surface area contributed by atoms with Gasteiger partial charge in [0.05, 0.1) is 0 Å². The first kappa shape index (κ1) is 15.4. The lowest BCUT2D eigenvalue weighted by Crippen LogP contribution is -2.19. The van der Waals surface area contributed by atoms with Crippen molar-refractivity contribution in [3.63, 3.8) is 0 Å². The highest BCUT2D eigenvalue weighted by molar-refractivity contribution is 5.35. The molecule has 0 spiro atoms. The molecule has 3 aromatic rings. The normalized spacial score (nSPS) is 12.3. The maximum Gasteiger partial charge on any atom is 0.149 e. The van der Waals surface area contributed by atoms with Crippen molar-refractivity contribution in [3.8, 4) is 5.69 Å². The van der Waals surface area contributed by atoms with Gasteiger partial charge in [-0.2, -0.15) is 5.10 Å². The molecule has 23 heavy (non-hydrogen) atoms. The molecule has 0 fully saturated rings. The Bertz CT molecular complexity index is 783. The van der Waals surface area contributed by atoms with Gasteiger partial charge >= 0.3 is 0 Å². The standard InChI is InChI=1S/C18H19FN4/c1-13-5-3-4-6-16(13)14(2)21-10-15-7-8-18(17(19)9-15)23-12-20-11-22-23/h3-9,11-12,14,21H,10H2,1-2H3/t14-/m1/s1. The van der Waals surface area contributed by atoms with Crippen LogP contribution >= 0.6 is 0 Å². The summed E-state index contributed by atoms with van der Waals surface area (Å²) in [4.78, 5) is 3.84. The fourth-order valence-electron chi connectivity index (χ4n) is 2.63. The van der Waals surface area contributed by atoms with Gasteiger partial charge in [-0.05, 0) is 42.7 Å². The van der Waals surface area contributed by atoms with Crippen LogP contribution in [0.4, 0.5) is 4.39 Å². The van der Waals surface area contributed by atoms with Crippen molar-refractivity contribution in [2.24, 2.45) is 0 Å². The average molecular weight is 310 g/mol. The lowest BCUT2D eigenvalue weighted by atomic mass is 10.0. The van der Waals surface area contributed by atoms with Crippen molar-refractivity contribution in [1.29, 1.82) is 0 Å². The Balaban J connectivity index is 1.69. The Labute approximate surface area is 135 Å². The highest BCUT2D eigenvalue weighted by Crippen LogP contribution is 2.18. The summed E-state index contributed by atoms with van der Waals surface area (Å²) in [5, 5.41) is 7.39. The average Bonchev–Trinajstić information content (AvgIpc) is 3.07. The molecule has 4 nitrogen and oxygen atoms in total. The Hall–Kier alpha value is -2.53. The number of hydrogen-bond acceptors (Lipinski definition) is 3. The van der Waals surface area contributed by atoms with Crippen molar-refractivity contribution < 1.29 is 4.39 Å². The van der Waals surface area contributed by atoms with Crippen molar-refractivity contribution >= 4 is 0 Å². The van der Waals surface area contributed by atoms with E-state index in [-0.39, 0.29) is 11.9 Å². The molecule has 0 unspecified atom stereocenters. The van der Waals surface area contributed by atoms with E-state index < -0.39 is 0 Å². The van der Waals surface area contributed by atoms with E-state index in [0.717, 1.165) is 5.56 Å². The number of hydrogen-bond donors (Lipinski definition) is 1. The number of aromatic nitrogens is 3. The number of benzene rings is 2. The SMILES string of the molecule is Cc1ccccc1[C@@H](C)NCc1ccc(-n2cncn2)c(F)c1. The van der Waals surface area contributed by atoms with E-state index in [1.807, 2.05) is 18.2 Å². The molecule has 1 N–H and O–H groups in total. The zero-order chi connectivity index (χ0) is 16.2. The summed E-state index contributed by atoms with van der Waals surface area (Å²) in [5.74, 6) is -0.307. The molecule has 0 aliphatic rings. The summed E-state index contributed by atoms with van der Waals surface area (Å²) in [6.45, 7) is 4.81. The fraction of sp³-hybridized carbons (Fsp3) is 0.222. The van der Waals surface area contributed by atoms with Crippen LogP contribution in [0.5, 0.6) is 0 Å². The van der Waals surface area contributed by atoms with Crippen LogP contribution in [0.25, 0.3) is 5.69 Å². The largest absolute Gasteiger partial charge is 0.306 e. The zero-order valence-electron chi connectivity index (χ0n) is 13.2. The minimum Gasteiger partial charge on any atom is -0.306 e. The molecule has 1 atom stereocenters. The molecule has 0 aliphatic carbocycles. The number of halogens is 1. The summed E-state index contributed by atoms with van der Waals surface area (Å²) in [6.07, 6.45) is 2.87. The Morgan fingerprint density at radius 3 is 2.74 bits per heavy atom. The highest BCUT2D eigenvalue weighted by atomic mass is 19.1. The molecule has 0 bridgehead atoms. The fourth-order valence-corrected chi connectivity index (χ4v) is 2.63. The van der Waals surface area contributed by atoms with Gasteiger partial charge in [-0.1, -0.05) is 30.3 Å². The minimum absolute atomic E-state index is 0.203. The summed E-state index contributed by atoms with van der Waals surface area (Å²) < 4.78 is 15.6. The van der Waals surface area contributed by atoms with Crippen LogP contribution in [0, 0.1) is 12.7 Å². The minimum atomic E-state index is -0.307. The zero-order valence-corrected chi connectivity index (χ0v) is 13.2. The van der Waals surface area contributed by atoms with Crippen molar-refractivity contribution in [3.05, 3.63) is 77.6 Å². The predicted octanol–water partition coefficient (Wildman–Crippen LogP) is 3.57. The second kappa shape index (κ2) is 6.71. The maximum absolute atomic E-state index is 14.2. The van der Waals surface area contributed by atoms with E-state index in [1.165, 1.54) is 34.5 Å². The first-order chi connectivity index (χ1) is 11.1. The van der Waals surface area contributed by atoms with E-state index in [4.69, 9.17) is 0 Å². The van der Waals surface area contributed by atoms with Crippen LogP contribution in [0.3, 0.4) is 0 Å². The quantitative estimate of drug-likeness (QED) is 0.783. The van der Waals surface area contributed by atoms with Gasteiger partial charge < -0.3 is 5.32 Å². The molecule has 1 heterocycles. The van der Waals surface area contributed by atoms with Crippen LogP contribution in [0.1, 0.15) is 29.7 Å². The van der Waals surface area contributed by atoms with E-state index >= 15 is 0 Å². The van der Waals surface area contributed by atoms with Crippen molar-refractivity contribution in [2.45, 2.75) is 26.4 Å². The molecule has 0 saturated carbocycles. The van der Waals surface area contributed by atoms with Gasteiger partial charge in [0.1, 0.15) is 24.2 Å². The Morgan fingerprint density at radius 2 is 2.04 bits per heavy atom. The third-order valence-electron chi connectivity index (χ3n) is 3.95. The second-order valence-electron chi connectivity index (χ2n) is 5.58. The number of nitrogens with zero attached hydrogens (tertiary/aromatic N) is 3. The maximum atomic E-state index is 14.2. The van der Waals surface area contributed by atoms with E-state index in [9.17, 15) is 4.39 Å². The number of aryl methyl sites for hydroxylation is 1. The third-order valence-corrected chi connectivity index (χ3v) is 3.95. The van der Waals surface area contributed by atoms with E-state index in [0.29, 0.717) is 12.2 Å². The van der Waals surface area contributed by atoms with Crippen LogP contribution in [-0.4, -0.2) is 14.8 Å². The molecule has 3 rings (SSSR count). The molecular formula is C18H19FN4. The first-order valence-corrected chi connectivity index (χ1v) is 7.57. The monoisotopic (exact) mass is 310 g/mol. The smallest absolute Gasteiger partial charge is 0.149 e. The predicted molar refractivity (Wildman–Crippen MR) is 87.8 cm³/mol. The lowest BCUT2D eigenvalue weighted by Gasteiger charge is -2.17. The van der Waals surface area contributed by atoms with Gasteiger partial charge in [0.2, 0.25) is 0 Å². The molecular weight excluding hydrogens is 291 g/mol. The summed E-state index contributed by atoms with van der Waals surface area (Å²) >= 11 is 0. The van der Waals surface area contributed by atoms with Gasteiger partial charge in [-0.25, -0.2) is 14.1 Å². The van der Waals surface area contributed by atoms with Crippen LogP contribution < -0.4 is 5.32 Å². The molecule has 0 radical (unpaired) electrons. The Kier molecular flexibility index (Phi) is 4.48. The Morgan fingerprint density at radius 1 is 1.22 bits per heavy atom. The molecule has 2 aromatic carbocycles. The number of rotatable bonds is 5. The van der Waals surface area contributed by atoms with Gasteiger partial charge in [0, 0.05) is 12.6 Å². The molecule has 1 aromatic heterocycles. The molecule has 0 aliphatic heterocycles. The van der Waals surface area contributed by atoms with Crippen molar-refractivity contribution in [1.82, 2.24) is 20.1 Å². The highest BCUT2D eigenvalue weighted by Gasteiger charge is 2.09. The molecule has 0 amide bonds.